The molecule has 0 fully saturated rings. The van der Waals surface area contributed by atoms with E-state index in [2.05, 4.69) is 10.3 Å². The van der Waals surface area contributed by atoms with Crippen LogP contribution in [0.25, 0.3) is 11.1 Å². The van der Waals surface area contributed by atoms with Gasteiger partial charge in [0.25, 0.3) is 0 Å². The number of hydrogen-bond donors (Lipinski definition) is 1. The number of ether oxygens (including phenoxy) is 1. The molecule has 192 valence electrons. The van der Waals surface area contributed by atoms with Crippen LogP contribution < -0.4 is 10.1 Å². The van der Waals surface area contributed by atoms with Crippen molar-refractivity contribution in [1.29, 1.82) is 5.26 Å². The van der Waals surface area contributed by atoms with Crippen LogP contribution in [0.5, 0.6) is 5.75 Å². The summed E-state index contributed by atoms with van der Waals surface area (Å²) in [4.78, 5) is 18.6. The Hall–Kier alpha value is -3.97. The normalized spacial score (nSPS) is 11.4. The molecule has 3 rings (SSSR count). The number of pyridine rings is 1. The van der Waals surface area contributed by atoms with Gasteiger partial charge < -0.3 is 15.0 Å². The van der Waals surface area contributed by atoms with Gasteiger partial charge in [0.1, 0.15) is 11.3 Å². The van der Waals surface area contributed by atoms with Crippen molar-refractivity contribution in [3.63, 3.8) is 0 Å². The maximum atomic E-state index is 13.3. The molecule has 37 heavy (non-hydrogen) atoms. The van der Waals surface area contributed by atoms with Crippen LogP contribution in [-0.4, -0.2) is 40.0 Å². The summed E-state index contributed by atoms with van der Waals surface area (Å²) in [5.41, 5.74) is 0.601. The molecule has 0 aliphatic carbocycles. The number of anilines is 1. The zero-order valence-electron chi connectivity index (χ0n) is 20.2. The molecule has 0 radical (unpaired) electrons. The largest absolute Gasteiger partial charge is 0.494 e. The number of amides is 1. The van der Waals surface area contributed by atoms with Gasteiger partial charge in [-0.15, -0.1) is 0 Å². The van der Waals surface area contributed by atoms with E-state index in [0.717, 1.165) is 23.3 Å². The fourth-order valence-electron chi connectivity index (χ4n) is 3.55. The number of nitrogens with one attached hydrogen (secondary N) is 1. The minimum Gasteiger partial charge on any atom is -0.494 e. The molecule has 6 nitrogen and oxygen atoms in total. The highest BCUT2D eigenvalue weighted by Crippen LogP contribution is 2.34. The number of benzene rings is 2. The van der Waals surface area contributed by atoms with Gasteiger partial charge in [-0.1, -0.05) is 24.4 Å². The fraction of sp³-hybridized carbons (Fsp3) is 0.259. The van der Waals surface area contributed by atoms with Gasteiger partial charge in [0.05, 0.1) is 29.3 Å². The molecule has 0 spiro atoms. The first-order valence-electron chi connectivity index (χ1n) is 11.3. The smallest absolute Gasteiger partial charge is 0.417 e. The third kappa shape index (κ3) is 7.05. The summed E-state index contributed by atoms with van der Waals surface area (Å²) >= 11 is 5.10. The van der Waals surface area contributed by atoms with Crippen LogP contribution in [0.1, 0.15) is 31.4 Å². The summed E-state index contributed by atoms with van der Waals surface area (Å²) in [6.07, 6.45) is -0.715. The molecule has 1 amide bonds. The Morgan fingerprint density at radius 3 is 2.35 bits per heavy atom. The molecule has 0 aliphatic heterocycles. The first kappa shape index (κ1) is 27.6. The monoisotopic (exact) mass is 526 g/mol. The van der Waals surface area contributed by atoms with Gasteiger partial charge in [-0.2, -0.15) is 18.4 Å². The second-order valence-corrected chi connectivity index (χ2v) is 8.85. The van der Waals surface area contributed by atoms with Gasteiger partial charge in [-0.25, -0.2) is 0 Å². The van der Waals surface area contributed by atoms with Crippen molar-refractivity contribution in [2.24, 2.45) is 0 Å². The van der Waals surface area contributed by atoms with Gasteiger partial charge >= 0.3 is 6.18 Å². The number of halogens is 3. The Kier molecular flexibility index (Phi) is 8.84. The number of rotatable bonds is 10. The lowest BCUT2D eigenvalue weighted by atomic mass is 10.0. The molecule has 3 aromatic rings. The Labute approximate surface area is 218 Å². The summed E-state index contributed by atoms with van der Waals surface area (Å²) in [5.74, 6) is 0.157. The number of nitriles is 1. The van der Waals surface area contributed by atoms with E-state index in [1.54, 1.807) is 31.1 Å². The van der Waals surface area contributed by atoms with Crippen molar-refractivity contribution < 1.29 is 22.7 Å². The van der Waals surface area contributed by atoms with Crippen molar-refractivity contribution in [1.82, 2.24) is 9.88 Å². The second-order valence-electron chi connectivity index (χ2n) is 8.64. The lowest BCUT2D eigenvalue weighted by Gasteiger charge is -2.35. The van der Waals surface area contributed by atoms with Gasteiger partial charge in [-0.05, 0) is 73.9 Å². The summed E-state index contributed by atoms with van der Waals surface area (Å²) in [6, 6.07) is 16.1. The van der Waals surface area contributed by atoms with E-state index in [0.29, 0.717) is 25.3 Å². The van der Waals surface area contributed by atoms with Crippen LogP contribution in [0.2, 0.25) is 0 Å². The molecule has 0 saturated carbocycles. The van der Waals surface area contributed by atoms with Crippen molar-refractivity contribution in [3.8, 4) is 22.9 Å². The van der Waals surface area contributed by atoms with Crippen LogP contribution in [0.3, 0.4) is 0 Å². The zero-order chi connectivity index (χ0) is 27.1. The van der Waals surface area contributed by atoms with Crippen LogP contribution in [-0.2, 0) is 11.0 Å². The molecular formula is C27H25F3N4O2S. The van der Waals surface area contributed by atoms with Gasteiger partial charge in [0.15, 0.2) is 0 Å². The van der Waals surface area contributed by atoms with Gasteiger partial charge in [-0.3, -0.25) is 9.78 Å². The number of alkyl halides is 3. The predicted molar refractivity (Wildman–Crippen MR) is 139 cm³/mol. The number of carbonyl (C=O) groups excluding carboxylic acids is 1. The molecule has 0 unspecified atom stereocenters. The average molecular weight is 527 g/mol. The van der Waals surface area contributed by atoms with E-state index in [1.165, 1.54) is 17.6 Å². The highest BCUT2D eigenvalue weighted by Gasteiger charge is 2.36. The number of hydrogen-bond acceptors (Lipinski definition) is 5. The third-order valence-corrected chi connectivity index (χ3v) is 6.04. The van der Waals surface area contributed by atoms with E-state index in [9.17, 15) is 18.0 Å². The number of aromatic nitrogens is 1. The Bertz CT molecular complexity index is 1270. The van der Waals surface area contributed by atoms with Gasteiger partial charge in [0, 0.05) is 24.6 Å². The van der Waals surface area contributed by atoms with E-state index >= 15 is 0 Å². The number of carbonyl (C=O) groups is 1. The summed E-state index contributed by atoms with van der Waals surface area (Å²) in [7, 11) is 0. The first-order valence-corrected chi connectivity index (χ1v) is 11.8. The molecular weight excluding hydrogens is 501 g/mol. The molecule has 10 heteroatoms. The number of nitrogens with zero attached hydrogens (tertiary/aromatic N) is 3. The second kappa shape index (κ2) is 11.8. The van der Waals surface area contributed by atoms with E-state index < -0.39 is 28.7 Å². The van der Waals surface area contributed by atoms with E-state index in [-0.39, 0.29) is 5.69 Å². The standard InChI is InChI=1S/C27H25F3N4O2S/c1-26(2,25(35)33-22-7-4-21(17-31)24(16-22)27(28,29)30)34(18-37)14-3-15-36-23-8-5-19(6-9-23)20-10-12-32-13-11-20/h4-13,16,18H,3,14-15H2,1-2H3,(H,33,35). The van der Waals surface area contributed by atoms with Crippen molar-refractivity contribution in [2.75, 3.05) is 18.5 Å². The Morgan fingerprint density at radius 1 is 1.11 bits per heavy atom. The minimum absolute atomic E-state index is 0.0627. The van der Waals surface area contributed by atoms with Gasteiger partial charge in [0.2, 0.25) is 5.91 Å². The van der Waals surface area contributed by atoms with E-state index in [1.807, 2.05) is 36.4 Å². The predicted octanol–water partition coefficient (Wildman–Crippen LogP) is 6.08. The SMILES string of the molecule is CC(C)(C(=O)Nc1ccc(C#N)c(C(F)(F)F)c1)N(C=S)CCCOc1ccc(-c2ccncc2)cc1. The average Bonchev–Trinajstić information content (AvgIpc) is 2.88. The van der Waals surface area contributed by atoms with E-state index in [4.69, 9.17) is 22.2 Å². The number of thiocarbonyl (C=S) groups is 1. The molecule has 1 N–H and O–H groups in total. The molecule has 0 atom stereocenters. The molecule has 2 aromatic carbocycles. The molecule has 1 heterocycles. The van der Waals surface area contributed by atoms with Crippen LogP contribution in [0, 0.1) is 11.3 Å². The molecule has 0 aliphatic rings. The first-order chi connectivity index (χ1) is 17.6. The van der Waals surface area contributed by atoms with Crippen molar-refractivity contribution >= 4 is 29.3 Å². The van der Waals surface area contributed by atoms with Crippen molar-refractivity contribution in [3.05, 3.63) is 78.1 Å². The lowest BCUT2D eigenvalue weighted by molar-refractivity contribution is -0.137. The Balaban J connectivity index is 1.56. The highest BCUT2D eigenvalue weighted by atomic mass is 32.1. The summed E-state index contributed by atoms with van der Waals surface area (Å²) < 4.78 is 45.6. The highest BCUT2D eigenvalue weighted by molar-refractivity contribution is 7.78. The van der Waals surface area contributed by atoms with Crippen LogP contribution >= 0.6 is 12.2 Å². The Morgan fingerprint density at radius 2 is 1.76 bits per heavy atom. The third-order valence-electron chi connectivity index (χ3n) is 5.78. The zero-order valence-corrected chi connectivity index (χ0v) is 21.1. The molecule has 0 bridgehead atoms. The van der Waals surface area contributed by atoms with Crippen molar-refractivity contribution in [2.45, 2.75) is 32.0 Å². The van der Waals surface area contributed by atoms with Crippen LogP contribution in [0.15, 0.2) is 67.0 Å². The quantitative estimate of drug-likeness (QED) is 0.255. The minimum atomic E-state index is -4.72. The summed E-state index contributed by atoms with van der Waals surface area (Å²) in [5, 5.41) is 11.5. The van der Waals surface area contributed by atoms with Crippen LogP contribution in [0.4, 0.5) is 18.9 Å². The topological polar surface area (TPSA) is 78.2 Å². The maximum absolute atomic E-state index is 13.3. The maximum Gasteiger partial charge on any atom is 0.417 e. The summed E-state index contributed by atoms with van der Waals surface area (Å²) in [6.45, 7) is 4.01. The molecule has 0 saturated heterocycles. The lowest BCUT2D eigenvalue weighted by Crippen LogP contribution is -2.52. The molecule has 1 aromatic heterocycles. The fourth-order valence-corrected chi connectivity index (χ4v) is 3.91.